The average Bonchev–Trinajstić information content (AvgIpc) is 2.57. The summed E-state index contributed by atoms with van der Waals surface area (Å²) in [6.45, 7) is 0. The molecule has 0 spiro atoms. The van der Waals surface area contributed by atoms with Gasteiger partial charge in [0.1, 0.15) is 6.26 Å². The van der Waals surface area contributed by atoms with Gasteiger partial charge in [-0.2, -0.15) is 0 Å². The van der Waals surface area contributed by atoms with Crippen LogP contribution in [0.15, 0.2) is 41.1 Å². The van der Waals surface area contributed by atoms with Crippen molar-refractivity contribution >= 4 is 11.6 Å². The van der Waals surface area contributed by atoms with Crippen LogP contribution < -0.4 is 0 Å². The first kappa shape index (κ1) is 7.37. The van der Waals surface area contributed by atoms with Crippen LogP contribution in [0.25, 0.3) is 11.5 Å². The quantitative estimate of drug-likeness (QED) is 0.673. The van der Waals surface area contributed by atoms with E-state index in [1.54, 1.807) is 12.3 Å². The van der Waals surface area contributed by atoms with E-state index in [0.29, 0.717) is 10.9 Å². The smallest absolute Gasteiger partial charge is 0.227 e. The van der Waals surface area contributed by atoms with Crippen molar-refractivity contribution in [2.45, 2.75) is 0 Å². The fourth-order valence-corrected chi connectivity index (χ4v) is 1.21. The van der Waals surface area contributed by atoms with E-state index in [1.807, 2.05) is 18.2 Å². The van der Waals surface area contributed by atoms with Crippen LogP contribution in [0.1, 0.15) is 0 Å². The largest absolute Gasteiger partial charge is 0.444 e. The minimum Gasteiger partial charge on any atom is -0.444 e. The summed E-state index contributed by atoms with van der Waals surface area (Å²) in [5.41, 5.74) is 0.823. The number of hydrogen-bond acceptors (Lipinski definition) is 2. The van der Waals surface area contributed by atoms with Gasteiger partial charge >= 0.3 is 0 Å². The van der Waals surface area contributed by atoms with Crippen LogP contribution in [0.3, 0.4) is 0 Å². The number of oxazole rings is 1. The van der Waals surface area contributed by atoms with Gasteiger partial charge in [-0.15, -0.1) is 0 Å². The molecule has 0 N–H and O–H groups in total. The van der Waals surface area contributed by atoms with Crippen molar-refractivity contribution in [3.63, 3.8) is 0 Å². The number of rotatable bonds is 1. The van der Waals surface area contributed by atoms with E-state index in [1.165, 1.54) is 6.26 Å². The van der Waals surface area contributed by atoms with E-state index >= 15 is 0 Å². The first-order valence-corrected chi connectivity index (χ1v) is 3.90. The third-order valence-electron chi connectivity index (χ3n) is 1.54. The molecule has 0 fully saturated rings. The lowest BCUT2D eigenvalue weighted by molar-refractivity contribution is 0.574. The third kappa shape index (κ3) is 1.21. The summed E-state index contributed by atoms with van der Waals surface area (Å²) in [6, 6.07) is 7.44. The van der Waals surface area contributed by atoms with Crippen LogP contribution in [0.5, 0.6) is 0 Å². The van der Waals surface area contributed by atoms with Gasteiger partial charge in [0.25, 0.3) is 0 Å². The van der Waals surface area contributed by atoms with Crippen LogP contribution in [-0.2, 0) is 0 Å². The Bertz CT molecular complexity index is 370. The zero-order chi connectivity index (χ0) is 8.39. The van der Waals surface area contributed by atoms with Crippen molar-refractivity contribution in [3.05, 3.63) is 41.7 Å². The molecule has 0 radical (unpaired) electrons. The average molecular weight is 180 g/mol. The van der Waals surface area contributed by atoms with Gasteiger partial charge in [-0.05, 0) is 12.1 Å². The van der Waals surface area contributed by atoms with Crippen molar-refractivity contribution in [1.82, 2.24) is 4.98 Å². The van der Waals surface area contributed by atoms with Crippen LogP contribution in [0, 0.1) is 0 Å². The highest BCUT2D eigenvalue weighted by Crippen LogP contribution is 2.25. The number of halogens is 1. The first-order chi connectivity index (χ1) is 5.88. The summed E-state index contributed by atoms with van der Waals surface area (Å²) in [6.07, 6.45) is 3.12. The van der Waals surface area contributed by atoms with Gasteiger partial charge in [-0.3, -0.25) is 0 Å². The fourth-order valence-electron chi connectivity index (χ4n) is 0.991. The number of hydrogen-bond donors (Lipinski definition) is 0. The Balaban J connectivity index is 2.55. The molecule has 0 unspecified atom stereocenters. The molecule has 0 saturated carbocycles. The Morgan fingerprint density at radius 1 is 1.25 bits per heavy atom. The van der Waals surface area contributed by atoms with E-state index in [-0.39, 0.29) is 0 Å². The maximum absolute atomic E-state index is 5.92. The highest BCUT2D eigenvalue weighted by Gasteiger charge is 2.04. The number of aromatic nitrogens is 1. The highest BCUT2D eigenvalue weighted by atomic mass is 35.5. The van der Waals surface area contributed by atoms with Crippen LogP contribution >= 0.6 is 11.6 Å². The predicted octanol–water partition coefficient (Wildman–Crippen LogP) is 3.00. The van der Waals surface area contributed by atoms with Crippen molar-refractivity contribution < 1.29 is 4.42 Å². The first-order valence-electron chi connectivity index (χ1n) is 3.52. The minimum absolute atomic E-state index is 0.556. The predicted molar refractivity (Wildman–Crippen MR) is 46.9 cm³/mol. The van der Waals surface area contributed by atoms with Crippen LogP contribution in [0.2, 0.25) is 5.02 Å². The van der Waals surface area contributed by atoms with E-state index in [0.717, 1.165) is 5.56 Å². The normalized spacial score (nSPS) is 10.1. The molecular weight excluding hydrogens is 174 g/mol. The maximum Gasteiger partial charge on any atom is 0.227 e. The van der Waals surface area contributed by atoms with E-state index in [4.69, 9.17) is 16.0 Å². The Morgan fingerprint density at radius 3 is 2.75 bits per heavy atom. The fraction of sp³-hybridized carbons (Fsp3) is 0. The summed E-state index contributed by atoms with van der Waals surface area (Å²) in [4.78, 5) is 4.00. The topological polar surface area (TPSA) is 26.0 Å². The molecule has 1 aromatic heterocycles. The second-order valence-electron chi connectivity index (χ2n) is 2.32. The zero-order valence-electron chi connectivity index (χ0n) is 6.20. The molecule has 0 aliphatic carbocycles. The van der Waals surface area contributed by atoms with E-state index in [9.17, 15) is 0 Å². The van der Waals surface area contributed by atoms with Crippen molar-refractivity contribution in [3.8, 4) is 11.5 Å². The Morgan fingerprint density at radius 2 is 2.08 bits per heavy atom. The second-order valence-corrected chi connectivity index (χ2v) is 2.72. The molecule has 2 aromatic rings. The summed E-state index contributed by atoms with van der Waals surface area (Å²) >= 11 is 5.92. The standard InChI is InChI=1S/C9H6ClNO/c10-8-4-2-1-3-7(8)9-11-5-6-12-9/h1-6H. The summed E-state index contributed by atoms with van der Waals surface area (Å²) in [5.74, 6) is 0.556. The molecule has 2 rings (SSSR count). The molecule has 60 valence electrons. The molecule has 12 heavy (non-hydrogen) atoms. The Kier molecular flexibility index (Phi) is 1.84. The molecule has 1 aromatic carbocycles. The van der Waals surface area contributed by atoms with Gasteiger partial charge in [-0.25, -0.2) is 4.98 Å². The van der Waals surface area contributed by atoms with Gasteiger partial charge in [0.05, 0.1) is 16.8 Å². The van der Waals surface area contributed by atoms with Gasteiger partial charge < -0.3 is 4.42 Å². The molecular formula is C9H6ClNO. The number of nitrogens with zero attached hydrogens (tertiary/aromatic N) is 1. The monoisotopic (exact) mass is 179 g/mol. The molecule has 0 saturated heterocycles. The van der Waals surface area contributed by atoms with Gasteiger partial charge in [0, 0.05) is 0 Å². The molecule has 0 aliphatic rings. The zero-order valence-corrected chi connectivity index (χ0v) is 6.95. The summed E-state index contributed by atoms with van der Waals surface area (Å²) in [7, 11) is 0. The summed E-state index contributed by atoms with van der Waals surface area (Å²) in [5, 5.41) is 0.653. The van der Waals surface area contributed by atoms with Gasteiger partial charge in [0.15, 0.2) is 0 Å². The SMILES string of the molecule is Clc1ccccc1-c1ncco1. The lowest BCUT2D eigenvalue weighted by Crippen LogP contribution is -1.76. The highest BCUT2D eigenvalue weighted by molar-refractivity contribution is 6.33. The Hall–Kier alpha value is -1.28. The van der Waals surface area contributed by atoms with Crippen molar-refractivity contribution in [2.75, 3.05) is 0 Å². The van der Waals surface area contributed by atoms with Gasteiger partial charge in [0.2, 0.25) is 5.89 Å². The van der Waals surface area contributed by atoms with Gasteiger partial charge in [-0.1, -0.05) is 23.7 Å². The van der Waals surface area contributed by atoms with Crippen LogP contribution in [-0.4, -0.2) is 4.98 Å². The second kappa shape index (κ2) is 2.99. The van der Waals surface area contributed by atoms with Crippen molar-refractivity contribution in [1.29, 1.82) is 0 Å². The molecule has 0 amide bonds. The van der Waals surface area contributed by atoms with E-state index in [2.05, 4.69) is 4.98 Å². The molecule has 0 atom stereocenters. The lowest BCUT2D eigenvalue weighted by Gasteiger charge is -1.96. The van der Waals surface area contributed by atoms with Crippen molar-refractivity contribution in [2.24, 2.45) is 0 Å². The van der Waals surface area contributed by atoms with E-state index < -0.39 is 0 Å². The molecule has 1 heterocycles. The minimum atomic E-state index is 0.556. The molecule has 0 bridgehead atoms. The third-order valence-corrected chi connectivity index (χ3v) is 1.87. The molecule has 0 aliphatic heterocycles. The number of benzene rings is 1. The molecule has 3 heteroatoms. The lowest BCUT2D eigenvalue weighted by atomic mass is 10.2. The maximum atomic E-state index is 5.92. The van der Waals surface area contributed by atoms with Crippen LogP contribution in [0.4, 0.5) is 0 Å². The molecule has 2 nitrogen and oxygen atoms in total. The Labute approximate surface area is 74.8 Å². The summed E-state index contributed by atoms with van der Waals surface area (Å²) < 4.78 is 5.10.